The van der Waals surface area contributed by atoms with Crippen molar-refractivity contribution in [3.8, 4) is 0 Å². The molecule has 1 aromatic heterocycles. The van der Waals surface area contributed by atoms with Crippen LogP contribution in [0, 0.1) is 5.82 Å². The molecule has 0 saturated carbocycles. The topological polar surface area (TPSA) is 57.6 Å². The maximum Gasteiger partial charge on any atom is 0.294 e. The first kappa shape index (κ1) is 18.4. The molecule has 0 radical (unpaired) electrons. The second-order valence-electron chi connectivity index (χ2n) is 6.14. The van der Waals surface area contributed by atoms with Crippen molar-refractivity contribution in [3.63, 3.8) is 0 Å². The molecule has 0 saturated heterocycles. The number of carbonyl (C=O) groups is 2. The number of hydrogen-bond donors (Lipinski definition) is 1. The zero-order chi connectivity index (χ0) is 19.8. The van der Waals surface area contributed by atoms with E-state index in [0.29, 0.717) is 15.6 Å². The number of carbonyl (C=O) groups excluding carboxylic acids is 2. The Morgan fingerprint density at radius 2 is 1.79 bits per heavy atom. The third-order valence-electron chi connectivity index (χ3n) is 4.50. The van der Waals surface area contributed by atoms with Gasteiger partial charge in [-0.05, 0) is 41.8 Å². The molecule has 0 aliphatic carbocycles. The predicted molar refractivity (Wildman–Crippen MR) is 106 cm³/mol. The van der Waals surface area contributed by atoms with Crippen molar-refractivity contribution in [1.82, 2.24) is 0 Å². The number of nitrogens with zero attached hydrogens (tertiary/aromatic N) is 1. The summed E-state index contributed by atoms with van der Waals surface area (Å²) in [4.78, 5) is 27.5. The highest BCUT2D eigenvalue weighted by Crippen LogP contribution is 2.43. The molecule has 0 spiro atoms. The number of benzene rings is 2. The molecule has 0 fully saturated rings. The number of halogens is 2. The standard InChI is InChI=1S/C21H13ClFNO3S/c22-12-7-9-13(10-8-12)24-18(14-4-1-2-5-15(14)23)17(20(26)21(24)27)19(25)16-6-3-11-28-16/h1-11,18,26H. The minimum absolute atomic E-state index is 0.120. The molecule has 1 unspecified atom stereocenters. The lowest BCUT2D eigenvalue weighted by atomic mass is 9.94. The highest BCUT2D eigenvalue weighted by atomic mass is 35.5. The summed E-state index contributed by atoms with van der Waals surface area (Å²) in [5.41, 5.74) is 0.366. The first-order valence-corrected chi connectivity index (χ1v) is 9.59. The number of anilines is 1. The average Bonchev–Trinajstić information content (AvgIpc) is 3.31. The van der Waals surface area contributed by atoms with Crippen LogP contribution in [-0.2, 0) is 4.79 Å². The van der Waals surface area contributed by atoms with Gasteiger partial charge in [0.05, 0.1) is 16.5 Å². The van der Waals surface area contributed by atoms with Crippen LogP contribution in [0.2, 0.25) is 5.02 Å². The van der Waals surface area contributed by atoms with Crippen LogP contribution >= 0.6 is 22.9 Å². The van der Waals surface area contributed by atoms with Crippen LogP contribution in [0.15, 0.2) is 77.4 Å². The largest absolute Gasteiger partial charge is 0.503 e. The highest BCUT2D eigenvalue weighted by molar-refractivity contribution is 7.12. The maximum atomic E-state index is 14.7. The Morgan fingerprint density at radius 3 is 2.43 bits per heavy atom. The summed E-state index contributed by atoms with van der Waals surface area (Å²) in [7, 11) is 0. The van der Waals surface area contributed by atoms with E-state index in [0.717, 1.165) is 0 Å². The van der Waals surface area contributed by atoms with Crippen molar-refractivity contribution in [2.75, 3.05) is 4.90 Å². The molecule has 1 atom stereocenters. The minimum atomic E-state index is -1.09. The van der Waals surface area contributed by atoms with E-state index in [1.807, 2.05) is 0 Å². The molecule has 140 valence electrons. The Hall–Kier alpha value is -2.96. The lowest BCUT2D eigenvalue weighted by Crippen LogP contribution is -2.31. The van der Waals surface area contributed by atoms with E-state index in [1.165, 1.54) is 34.4 Å². The Kier molecular flexibility index (Phi) is 4.75. The fourth-order valence-corrected chi connectivity index (χ4v) is 4.04. The van der Waals surface area contributed by atoms with E-state index in [2.05, 4.69) is 0 Å². The van der Waals surface area contributed by atoms with Gasteiger partial charge in [0.15, 0.2) is 5.76 Å². The van der Waals surface area contributed by atoms with Gasteiger partial charge in [-0.2, -0.15) is 0 Å². The van der Waals surface area contributed by atoms with Gasteiger partial charge < -0.3 is 5.11 Å². The van der Waals surface area contributed by atoms with Crippen molar-refractivity contribution < 1.29 is 19.1 Å². The second-order valence-corrected chi connectivity index (χ2v) is 7.53. The molecule has 1 amide bonds. The molecule has 1 aliphatic heterocycles. The van der Waals surface area contributed by atoms with E-state index in [4.69, 9.17) is 11.6 Å². The van der Waals surface area contributed by atoms with Gasteiger partial charge in [-0.15, -0.1) is 11.3 Å². The predicted octanol–water partition coefficient (Wildman–Crippen LogP) is 5.32. The van der Waals surface area contributed by atoms with E-state index < -0.39 is 29.3 Å². The molecule has 3 aromatic rings. The van der Waals surface area contributed by atoms with E-state index >= 15 is 0 Å². The summed E-state index contributed by atoms with van der Waals surface area (Å²) in [5, 5.41) is 12.7. The molecule has 0 bridgehead atoms. The van der Waals surface area contributed by atoms with E-state index in [1.54, 1.807) is 47.8 Å². The molecule has 7 heteroatoms. The van der Waals surface area contributed by atoms with E-state index in [-0.39, 0.29) is 11.1 Å². The lowest BCUT2D eigenvalue weighted by molar-refractivity contribution is -0.117. The SMILES string of the molecule is O=C(C1=C(O)C(=O)N(c2ccc(Cl)cc2)C1c1ccccc1F)c1cccs1. The van der Waals surface area contributed by atoms with Gasteiger partial charge in [-0.1, -0.05) is 35.9 Å². The quantitative estimate of drug-likeness (QED) is 0.588. The van der Waals surface area contributed by atoms with Crippen molar-refractivity contribution in [2.45, 2.75) is 6.04 Å². The summed E-state index contributed by atoms with van der Waals surface area (Å²) in [6, 6.07) is 14.4. The summed E-state index contributed by atoms with van der Waals surface area (Å²) >= 11 is 7.12. The highest BCUT2D eigenvalue weighted by Gasteiger charge is 2.45. The maximum absolute atomic E-state index is 14.7. The Bertz CT molecular complexity index is 1090. The summed E-state index contributed by atoms with van der Waals surface area (Å²) in [6.07, 6.45) is 0. The molecular weight excluding hydrogens is 401 g/mol. The fraction of sp³-hybridized carbons (Fsp3) is 0.0476. The van der Waals surface area contributed by atoms with Gasteiger partial charge in [-0.3, -0.25) is 14.5 Å². The second kappa shape index (κ2) is 7.22. The zero-order valence-electron chi connectivity index (χ0n) is 14.3. The zero-order valence-corrected chi connectivity index (χ0v) is 15.9. The van der Waals surface area contributed by atoms with Gasteiger partial charge in [0, 0.05) is 16.3 Å². The molecule has 2 aromatic carbocycles. The molecule has 1 N–H and O–H groups in total. The molecule has 1 aliphatic rings. The number of Topliss-reactive ketones (excluding diaryl/α,β-unsaturated/α-hetero) is 1. The first-order valence-electron chi connectivity index (χ1n) is 8.34. The Balaban J connectivity index is 1.91. The first-order chi connectivity index (χ1) is 13.5. The number of aliphatic hydroxyl groups excluding tert-OH is 1. The third-order valence-corrected chi connectivity index (χ3v) is 5.62. The number of rotatable bonds is 4. The van der Waals surface area contributed by atoms with Gasteiger partial charge in [0.25, 0.3) is 5.91 Å². The Labute approximate surface area is 169 Å². The monoisotopic (exact) mass is 413 g/mol. The lowest BCUT2D eigenvalue weighted by Gasteiger charge is -2.27. The Morgan fingerprint density at radius 1 is 1.07 bits per heavy atom. The van der Waals surface area contributed by atoms with Crippen molar-refractivity contribution >= 4 is 40.3 Å². The summed E-state index contributed by atoms with van der Waals surface area (Å²) < 4.78 is 14.7. The minimum Gasteiger partial charge on any atom is -0.503 e. The molecule has 2 heterocycles. The molecule has 4 nitrogen and oxygen atoms in total. The average molecular weight is 414 g/mol. The van der Waals surface area contributed by atoms with Gasteiger partial charge >= 0.3 is 0 Å². The summed E-state index contributed by atoms with van der Waals surface area (Å²) in [5.74, 6) is -2.53. The van der Waals surface area contributed by atoms with Crippen LogP contribution in [0.25, 0.3) is 0 Å². The van der Waals surface area contributed by atoms with E-state index in [9.17, 15) is 19.1 Å². The molecular formula is C21H13ClFNO3S. The number of hydrogen-bond acceptors (Lipinski definition) is 4. The molecule has 28 heavy (non-hydrogen) atoms. The van der Waals surface area contributed by atoms with Crippen LogP contribution in [0.3, 0.4) is 0 Å². The van der Waals surface area contributed by atoms with Gasteiger partial charge in [0.1, 0.15) is 5.82 Å². The van der Waals surface area contributed by atoms with Gasteiger partial charge in [-0.25, -0.2) is 4.39 Å². The van der Waals surface area contributed by atoms with Crippen LogP contribution in [0.1, 0.15) is 21.3 Å². The van der Waals surface area contributed by atoms with Crippen molar-refractivity contribution in [1.29, 1.82) is 0 Å². The number of thiophene rings is 1. The van der Waals surface area contributed by atoms with Gasteiger partial charge in [0.2, 0.25) is 5.78 Å². The van der Waals surface area contributed by atoms with Crippen LogP contribution in [-0.4, -0.2) is 16.8 Å². The number of aliphatic hydroxyl groups is 1. The summed E-state index contributed by atoms with van der Waals surface area (Å²) in [6.45, 7) is 0. The van der Waals surface area contributed by atoms with Crippen LogP contribution in [0.5, 0.6) is 0 Å². The van der Waals surface area contributed by atoms with Crippen LogP contribution in [0.4, 0.5) is 10.1 Å². The molecule has 4 rings (SSSR count). The smallest absolute Gasteiger partial charge is 0.294 e. The third kappa shape index (κ3) is 3.00. The van der Waals surface area contributed by atoms with Crippen molar-refractivity contribution in [2.24, 2.45) is 0 Å². The number of ketones is 1. The number of amides is 1. The van der Waals surface area contributed by atoms with Crippen LogP contribution < -0.4 is 4.90 Å². The fourth-order valence-electron chi connectivity index (χ4n) is 3.24. The van der Waals surface area contributed by atoms with Crippen molar-refractivity contribution in [3.05, 3.63) is 98.7 Å². The normalized spacial score (nSPS) is 16.7.